The highest BCUT2D eigenvalue weighted by molar-refractivity contribution is 6.21. The number of hydrogen-bond acceptors (Lipinski definition) is 7. The molecule has 0 radical (unpaired) electrons. The second kappa shape index (κ2) is 11.6. The molecule has 1 aromatic heterocycles. The summed E-state index contributed by atoms with van der Waals surface area (Å²) in [6, 6.07) is 15.6. The quantitative estimate of drug-likeness (QED) is 0.300. The van der Waals surface area contributed by atoms with E-state index in [1.807, 2.05) is 24.3 Å². The number of amides is 2. The van der Waals surface area contributed by atoms with Gasteiger partial charge in [0.2, 0.25) is 0 Å². The predicted octanol–water partition coefficient (Wildman–Crippen LogP) is 3.22. The van der Waals surface area contributed by atoms with E-state index in [4.69, 9.17) is 19.0 Å². The Balaban J connectivity index is 1.36. The molecule has 1 saturated heterocycles. The number of methoxy groups -OCH3 is 1. The first kappa shape index (κ1) is 25.7. The minimum atomic E-state index is -0.398. The van der Waals surface area contributed by atoms with Crippen molar-refractivity contribution in [2.45, 2.75) is 38.5 Å². The van der Waals surface area contributed by atoms with Gasteiger partial charge < -0.3 is 19.0 Å². The smallest absolute Gasteiger partial charge is 0.261 e. The molecular weight excluding hydrogens is 488 g/mol. The van der Waals surface area contributed by atoms with Gasteiger partial charge in [-0.15, -0.1) is 0 Å². The van der Waals surface area contributed by atoms with Gasteiger partial charge in [-0.05, 0) is 49.1 Å². The molecular formula is C29H30N2O7. The summed E-state index contributed by atoms with van der Waals surface area (Å²) >= 11 is 0. The van der Waals surface area contributed by atoms with E-state index in [9.17, 15) is 14.4 Å². The second-order valence-corrected chi connectivity index (χ2v) is 9.25. The Hall–Kier alpha value is -3.95. The van der Waals surface area contributed by atoms with Crippen LogP contribution in [0.4, 0.5) is 0 Å². The molecule has 3 heterocycles. The van der Waals surface area contributed by atoms with Crippen molar-refractivity contribution in [2.75, 3.05) is 26.9 Å². The molecule has 3 aromatic rings. The first-order chi connectivity index (χ1) is 18.5. The SMILES string of the molecule is COc1ccc(Cc2cn(OCCOC3CCCCO3)c(CN3C(=O)c4ccccc4C3=O)cc2=O)cc1. The molecule has 2 aromatic carbocycles. The van der Waals surface area contributed by atoms with Crippen molar-refractivity contribution < 1.29 is 28.6 Å². The van der Waals surface area contributed by atoms with Crippen molar-refractivity contribution in [3.05, 3.63) is 99.0 Å². The number of imide groups is 1. The number of rotatable bonds is 10. The second-order valence-electron chi connectivity index (χ2n) is 9.25. The third-order valence-corrected chi connectivity index (χ3v) is 6.68. The summed E-state index contributed by atoms with van der Waals surface area (Å²) in [7, 11) is 1.60. The molecule has 9 heteroatoms. The lowest BCUT2D eigenvalue weighted by Crippen LogP contribution is -2.33. The van der Waals surface area contributed by atoms with E-state index < -0.39 is 11.8 Å². The maximum absolute atomic E-state index is 13.1. The fourth-order valence-electron chi connectivity index (χ4n) is 4.63. The number of aromatic nitrogens is 1. The predicted molar refractivity (Wildman–Crippen MR) is 138 cm³/mol. The van der Waals surface area contributed by atoms with E-state index >= 15 is 0 Å². The Labute approximate surface area is 220 Å². The molecule has 0 bridgehead atoms. The van der Waals surface area contributed by atoms with Crippen molar-refractivity contribution >= 4 is 11.8 Å². The van der Waals surface area contributed by atoms with E-state index in [0.29, 0.717) is 35.4 Å². The molecule has 38 heavy (non-hydrogen) atoms. The van der Waals surface area contributed by atoms with Gasteiger partial charge in [-0.3, -0.25) is 19.3 Å². The topological polar surface area (TPSA) is 96.3 Å². The minimum Gasteiger partial charge on any atom is -0.497 e. The molecule has 1 atom stereocenters. The summed E-state index contributed by atoms with van der Waals surface area (Å²) in [6.07, 6.45) is 4.69. The van der Waals surface area contributed by atoms with Crippen LogP contribution in [0.15, 0.2) is 65.6 Å². The summed E-state index contributed by atoms with van der Waals surface area (Å²) in [6.45, 7) is 1.07. The van der Waals surface area contributed by atoms with E-state index in [-0.39, 0.29) is 31.5 Å². The van der Waals surface area contributed by atoms with Crippen LogP contribution in [0, 0.1) is 0 Å². The lowest BCUT2D eigenvalue weighted by atomic mass is 10.1. The standard InChI is InChI=1S/C29H30N2O7/c1-35-23-11-9-20(10-12-23)16-21-18-31(38-15-14-37-27-8-4-5-13-36-27)22(17-26(21)32)19-30-28(33)24-6-2-3-7-25(24)29(30)34/h2-3,6-7,9-12,17-18,27H,4-5,8,13-16,19H2,1H3. The van der Waals surface area contributed by atoms with Gasteiger partial charge in [0.25, 0.3) is 11.8 Å². The van der Waals surface area contributed by atoms with E-state index in [0.717, 1.165) is 35.5 Å². The van der Waals surface area contributed by atoms with Gasteiger partial charge >= 0.3 is 0 Å². The van der Waals surface area contributed by atoms with Gasteiger partial charge in [0.15, 0.2) is 11.7 Å². The van der Waals surface area contributed by atoms with E-state index in [2.05, 4.69) is 0 Å². The monoisotopic (exact) mass is 518 g/mol. The van der Waals surface area contributed by atoms with Crippen LogP contribution >= 0.6 is 0 Å². The Morgan fingerprint density at radius 2 is 1.68 bits per heavy atom. The zero-order valence-corrected chi connectivity index (χ0v) is 21.3. The average Bonchev–Trinajstić information content (AvgIpc) is 3.19. The van der Waals surface area contributed by atoms with Crippen LogP contribution in [0.25, 0.3) is 0 Å². The lowest BCUT2D eigenvalue weighted by Gasteiger charge is -2.23. The van der Waals surface area contributed by atoms with Gasteiger partial charge in [0.05, 0.1) is 43.3 Å². The first-order valence-electron chi connectivity index (χ1n) is 12.7. The lowest BCUT2D eigenvalue weighted by molar-refractivity contribution is -0.169. The third kappa shape index (κ3) is 5.64. The van der Waals surface area contributed by atoms with Crippen molar-refractivity contribution in [1.82, 2.24) is 9.63 Å². The number of fused-ring (bicyclic) bond motifs is 1. The highest BCUT2D eigenvalue weighted by atomic mass is 16.7. The molecule has 2 aliphatic rings. The van der Waals surface area contributed by atoms with Crippen LogP contribution in [-0.2, 0) is 22.4 Å². The Bertz CT molecular complexity index is 1330. The summed E-state index contributed by atoms with van der Waals surface area (Å²) in [5, 5.41) is 0. The number of hydrogen-bond donors (Lipinski definition) is 0. The highest BCUT2D eigenvalue weighted by Gasteiger charge is 2.35. The molecule has 5 rings (SSSR count). The van der Waals surface area contributed by atoms with E-state index in [1.165, 1.54) is 10.8 Å². The Morgan fingerprint density at radius 1 is 0.947 bits per heavy atom. The normalized spacial score (nSPS) is 17.0. The van der Waals surface area contributed by atoms with E-state index in [1.54, 1.807) is 37.6 Å². The summed E-state index contributed by atoms with van der Waals surface area (Å²) in [5.74, 6) is -0.0675. The summed E-state index contributed by atoms with van der Waals surface area (Å²) in [4.78, 5) is 46.1. The number of carbonyl (C=O) groups is 2. The molecule has 198 valence electrons. The van der Waals surface area contributed by atoms with Crippen molar-refractivity contribution in [2.24, 2.45) is 0 Å². The molecule has 0 aliphatic carbocycles. The van der Waals surface area contributed by atoms with Gasteiger partial charge in [-0.25, -0.2) is 0 Å². The van der Waals surface area contributed by atoms with Gasteiger partial charge in [0, 0.05) is 24.7 Å². The number of benzene rings is 2. The third-order valence-electron chi connectivity index (χ3n) is 6.68. The average molecular weight is 519 g/mol. The van der Waals surface area contributed by atoms with Crippen molar-refractivity contribution in [1.29, 1.82) is 0 Å². The Morgan fingerprint density at radius 3 is 2.34 bits per heavy atom. The molecule has 0 N–H and O–H groups in total. The van der Waals surface area contributed by atoms with Crippen molar-refractivity contribution in [3.8, 4) is 5.75 Å². The van der Waals surface area contributed by atoms with Crippen LogP contribution in [0.2, 0.25) is 0 Å². The zero-order valence-electron chi connectivity index (χ0n) is 21.3. The Kier molecular flexibility index (Phi) is 7.86. The molecule has 1 fully saturated rings. The number of carbonyl (C=O) groups excluding carboxylic acids is 2. The van der Waals surface area contributed by atoms with Crippen LogP contribution in [0.3, 0.4) is 0 Å². The van der Waals surface area contributed by atoms with Crippen LogP contribution in [0.1, 0.15) is 56.8 Å². The summed E-state index contributed by atoms with van der Waals surface area (Å²) < 4.78 is 18.1. The first-order valence-corrected chi connectivity index (χ1v) is 12.7. The molecule has 0 saturated carbocycles. The van der Waals surface area contributed by atoms with Gasteiger partial charge in [-0.2, -0.15) is 4.73 Å². The molecule has 0 spiro atoms. The fourth-order valence-corrected chi connectivity index (χ4v) is 4.63. The molecule has 9 nitrogen and oxygen atoms in total. The number of pyridine rings is 1. The minimum absolute atomic E-state index is 0.100. The largest absolute Gasteiger partial charge is 0.497 e. The van der Waals surface area contributed by atoms with Gasteiger partial charge in [-0.1, -0.05) is 24.3 Å². The summed E-state index contributed by atoms with van der Waals surface area (Å²) in [5.41, 5.74) is 2.32. The fraction of sp³-hybridized carbons (Fsp3) is 0.345. The number of ether oxygens (including phenoxy) is 3. The van der Waals surface area contributed by atoms with Crippen LogP contribution in [0.5, 0.6) is 5.75 Å². The van der Waals surface area contributed by atoms with Gasteiger partial charge in [0.1, 0.15) is 12.4 Å². The highest BCUT2D eigenvalue weighted by Crippen LogP contribution is 2.24. The zero-order chi connectivity index (χ0) is 26.5. The van der Waals surface area contributed by atoms with Crippen LogP contribution in [-0.4, -0.2) is 54.7 Å². The number of nitrogens with zero attached hydrogens (tertiary/aromatic N) is 2. The van der Waals surface area contributed by atoms with Crippen molar-refractivity contribution in [3.63, 3.8) is 0 Å². The van der Waals surface area contributed by atoms with Crippen LogP contribution < -0.4 is 15.0 Å². The maximum atomic E-state index is 13.1. The molecule has 1 unspecified atom stereocenters. The molecule has 2 aliphatic heterocycles. The maximum Gasteiger partial charge on any atom is 0.261 e. The molecule has 2 amide bonds.